The molecule has 0 aliphatic carbocycles. The van der Waals surface area contributed by atoms with Crippen LogP contribution in [0.1, 0.15) is 91.3 Å². The number of fused-ring (bicyclic) bond motifs is 1. The fourth-order valence-electron chi connectivity index (χ4n) is 4.26. The second-order valence-electron chi connectivity index (χ2n) is 11.7. The molecule has 0 aliphatic rings. The fraction of sp³-hybridized carbons (Fsp3) is 0.429. The summed E-state index contributed by atoms with van der Waals surface area (Å²) >= 11 is 0. The van der Waals surface area contributed by atoms with Crippen LogP contribution >= 0.6 is 0 Å². The molecule has 0 radical (unpaired) electrons. The van der Waals surface area contributed by atoms with E-state index < -0.39 is 0 Å². The van der Waals surface area contributed by atoms with Crippen molar-refractivity contribution >= 4 is 22.7 Å². The lowest BCUT2D eigenvalue weighted by molar-refractivity contribution is -0.151. The van der Waals surface area contributed by atoms with Crippen LogP contribution in [0.15, 0.2) is 103 Å². The van der Waals surface area contributed by atoms with E-state index in [2.05, 4.69) is 68.4 Å². The minimum Gasteiger partial charge on any atom is -0.463 e. The molecule has 0 saturated carbocycles. The zero-order chi connectivity index (χ0) is 35.7. The Bertz CT molecular complexity index is 1370. The Balaban J connectivity index is 0.000000602. The molecule has 0 saturated heterocycles. The van der Waals surface area contributed by atoms with Crippen LogP contribution in [0.25, 0.3) is 10.8 Å². The Morgan fingerprint density at radius 2 is 1.11 bits per heavy atom. The molecule has 0 fully saturated rings. The van der Waals surface area contributed by atoms with Gasteiger partial charge in [0.15, 0.2) is 0 Å². The van der Waals surface area contributed by atoms with Gasteiger partial charge in [0.1, 0.15) is 12.2 Å². The first-order valence-corrected chi connectivity index (χ1v) is 16.8. The second-order valence-corrected chi connectivity index (χ2v) is 11.7. The van der Waals surface area contributed by atoms with Crippen LogP contribution < -0.4 is 0 Å². The summed E-state index contributed by atoms with van der Waals surface area (Å²) < 4.78 is 15.5. The lowest BCUT2D eigenvalue weighted by Crippen LogP contribution is -2.29. The number of methoxy groups -OCH3 is 1. The third kappa shape index (κ3) is 21.5. The van der Waals surface area contributed by atoms with Gasteiger partial charge in [0.05, 0.1) is 5.60 Å². The number of rotatable bonds is 9. The summed E-state index contributed by atoms with van der Waals surface area (Å²) in [4.78, 5) is 21.9. The van der Waals surface area contributed by atoms with E-state index in [0.29, 0.717) is 12.8 Å². The van der Waals surface area contributed by atoms with E-state index in [1.807, 2.05) is 90.1 Å². The van der Waals surface area contributed by atoms with Crippen LogP contribution in [0.2, 0.25) is 0 Å². The van der Waals surface area contributed by atoms with Gasteiger partial charge in [0, 0.05) is 32.8 Å². The average molecular weight is 645 g/mol. The molecule has 4 aromatic rings. The largest absolute Gasteiger partial charge is 0.463 e. The van der Waals surface area contributed by atoms with Crippen LogP contribution in [-0.2, 0) is 30.2 Å². The third-order valence-electron chi connectivity index (χ3n) is 6.79. The zero-order valence-corrected chi connectivity index (χ0v) is 30.8. The summed E-state index contributed by atoms with van der Waals surface area (Å²) in [6, 6.07) is 35.2. The van der Waals surface area contributed by atoms with E-state index in [0.717, 1.165) is 12.8 Å². The first-order chi connectivity index (χ1) is 22.4. The Morgan fingerprint density at radius 1 is 0.638 bits per heavy atom. The number of hydrogen-bond donors (Lipinski definition) is 0. The van der Waals surface area contributed by atoms with E-state index in [4.69, 9.17) is 14.2 Å². The highest BCUT2D eigenvalue weighted by Crippen LogP contribution is 2.17. The number of benzene rings is 4. The minimum atomic E-state index is -0.229. The second kappa shape index (κ2) is 25.2. The summed E-state index contributed by atoms with van der Waals surface area (Å²) in [5, 5.41) is 2.64. The van der Waals surface area contributed by atoms with Gasteiger partial charge in [-0.15, -0.1) is 0 Å². The van der Waals surface area contributed by atoms with Crippen LogP contribution in [0.4, 0.5) is 0 Å². The van der Waals surface area contributed by atoms with E-state index in [1.165, 1.54) is 27.5 Å². The van der Waals surface area contributed by atoms with Crippen molar-refractivity contribution in [2.45, 2.75) is 113 Å². The van der Waals surface area contributed by atoms with Crippen molar-refractivity contribution in [3.8, 4) is 0 Å². The molecular formula is C42H60O5. The van der Waals surface area contributed by atoms with Crippen molar-refractivity contribution in [2.24, 2.45) is 0 Å². The quantitative estimate of drug-likeness (QED) is 0.170. The van der Waals surface area contributed by atoms with E-state index >= 15 is 0 Å². The topological polar surface area (TPSA) is 61.8 Å². The van der Waals surface area contributed by atoms with Crippen molar-refractivity contribution in [3.05, 3.63) is 120 Å². The molecule has 0 aliphatic heterocycles. The number of ether oxygens (including phenoxy) is 3. The maximum atomic E-state index is 11.0. The predicted octanol–water partition coefficient (Wildman–Crippen LogP) is 10.9. The lowest BCUT2D eigenvalue weighted by atomic mass is 10.0. The highest BCUT2D eigenvalue weighted by atomic mass is 16.5. The normalized spacial score (nSPS) is 11.3. The Hall–Kier alpha value is -3.96. The Morgan fingerprint density at radius 3 is 1.57 bits per heavy atom. The minimum absolute atomic E-state index is 0.0372. The van der Waals surface area contributed by atoms with Crippen molar-refractivity contribution in [3.63, 3.8) is 0 Å². The monoisotopic (exact) mass is 644 g/mol. The summed E-state index contributed by atoms with van der Waals surface area (Å²) in [6.07, 6.45) is 2.26. The third-order valence-corrected chi connectivity index (χ3v) is 6.79. The van der Waals surface area contributed by atoms with Gasteiger partial charge in [-0.1, -0.05) is 142 Å². The number of esters is 2. The molecule has 5 heteroatoms. The summed E-state index contributed by atoms with van der Waals surface area (Å²) in [7, 11) is 1.66. The first kappa shape index (κ1) is 43.0. The van der Waals surface area contributed by atoms with Gasteiger partial charge in [-0.3, -0.25) is 9.59 Å². The van der Waals surface area contributed by atoms with Gasteiger partial charge in [-0.2, -0.15) is 0 Å². The molecule has 2 unspecified atom stereocenters. The number of carbonyl (C=O) groups excluding carboxylic acids is 2. The van der Waals surface area contributed by atoms with Crippen molar-refractivity contribution in [2.75, 3.05) is 7.11 Å². The average Bonchev–Trinajstić information content (AvgIpc) is 3.07. The molecule has 2 atom stereocenters. The maximum Gasteiger partial charge on any atom is 0.305 e. The number of carbonyl (C=O) groups is 2. The number of aryl methyl sites for hydroxylation is 2. The molecule has 47 heavy (non-hydrogen) atoms. The molecule has 0 N–H and O–H groups in total. The molecule has 258 valence electrons. The standard InChI is InChI=1S/C12H16O2.C11H10.C10H20O3.C7H8.C2H6/c1-3-12(13)14-10(2)9-11-7-5-4-6-8-11;1-9-6-7-10-4-2-3-5-11(10)8-9;1-6-9(11)13-8(2)7-10(3,4)12-5;1-7-5-3-2-4-6-7;1-2/h4-8,10H,3,9H2,1-2H3;2-8H,1H3;8H,6-7H2,1-5H3;2-6H,1H3;1-2H3. The van der Waals surface area contributed by atoms with E-state index in [1.54, 1.807) is 21.0 Å². The molecule has 0 heterocycles. The maximum absolute atomic E-state index is 11.0. The summed E-state index contributed by atoms with van der Waals surface area (Å²) in [5.41, 5.74) is 3.61. The van der Waals surface area contributed by atoms with Gasteiger partial charge in [0.25, 0.3) is 0 Å². The fourth-order valence-corrected chi connectivity index (χ4v) is 4.26. The van der Waals surface area contributed by atoms with Gasteiger partial charge >= 0.3 is 11.9 Å². The van der Waals surface area contributed by atoms with Crippen molar-refractivity contribution in [1.82, 2.24) is 0 Å². The molecule has 4 aromatic carbocycles. The Labute approximate surface area is 285 Å². The van der Waals surface area contributed by atoms with Crippen LogP contribution in [-0.4, -0.2) is 36.9 Å². The lowest BCUT2D eigenvalue weighted by Gasteiger charge is -2.26. The van der Waals surface area contributed by atoms with Crippen LogP contribution in [0, 0.1) is 13.8 Å². The predicted molar refractivity (Wildman–Crippen MR) is 199 cm³/mol. The van der Waals surface area contributed by atoms with Crippen LogP contribution in [0.5, 0.6) is 0 Å². The van der Waals surface area contributed by atoms with Crippen molar-refractivity contribution in [1.29, 1.82) is 0 Å². The highest BCUT2D eigenvalue weighted by molar-refractivity contribution is 5.82. The molecular weight excluding hydrogens is 584 g/mol. The smallest absolute Gasteiger partial charge is 0.305 e. The van der Waals surface area contributed by atoms with Gasteiger partial charge in [0.2, 0.25) is 0 Å². The molecule has 4 rings (SSSR count). The first-order valence-electron chi connectivity index (χ1n) is 16.8. The zero-order valence-electron chi connectivity index (χ0n) is 30.8. The van der Waals surface area contributed by atoms with Crippen LogP contribution in [0.3, 0.4) is 0 Å². The van der Waals surface area contributed by atoms with Crippen molar-refractivity contribution < 1.29 is 23.8 Å². The Kier molecular flexibility index (Phi) is 23.0. The van der Waals surface area contributed by atoms with E-state index in [-0.39, 0.29) is 29.7 Å². The van der Waals surface area contributed by atoms with Gasteiger partial charge in [-0.25, -0.2) is 0 Å². The van der Waals surface area contributed by atoms with E-state index in [9.17, 15) is 9.59 Å². The van der Waals surface area contributed by atoms with Gasteiger partial charge < -0.3 is 14.2 Å². The highest BCUT2D eigenvalue weighted by Gasteiger charge is 2.22. The molecule has 0 spiro atoms. The molecule has 0 amide bonds. The number of hydrogen-bond acceptors (Lipinski definition) is 5. The molecule has 5 nitrogen and oxygen atoms in total. The molecule has 0 aromatic heterocycles. The SMILES string of the molecule is CC.CCC(=O)OC(C)CC(C)(C)OC.CCC(=O)OC(C)Cc1ccccc1.Cc1ccc2ccccc2c1.Cc1ccccc1. The molecule has 0 bridgehead atoms. The van der Waals surface area contributed by atoms with Gasteiger partial charge in [-0.05, 0) is 57.9 Å². The summed E-state index contributed by atoms with van der Waals surface area (Å²) in [6.45, 7) is 19.5. The summed E-state index contributed by atoms with van der Waals surface area (Å²) in [5.74, 6) is -0.284.